The van der Waals surface area contributed by atoms with Crippen molar-refractivity contribution >= 4 is 55.2 Å². The molecule has 3 rings (SSSR count). The maximum Gasteiger partial charge on any atom is 0.242 e. The summed E-state index contributed by atoms with van der Waals surface area (Å²) in [6, 6.07) is 5.10. The summed E-state index contributed by atoms with van der Waals surface area (Å²) in [5.74, 6) is 0.461. The van der Waals surface area contributed by atoms with E-state index in [1.807, 2.05) is 11.4 Å². The minimum absolute atomic E-state index is 0.145. The molecule has 2 heterocycles. The first-order valence-corrected chi connectivity index (χ1v) is 12.8. The van der Waals surface area contributed by atoms with E-state index in [-0.39, 0.29) is 10.8 Å². The number of nitrogens with one attached hydrogen (secondary N) is 1. The third-order valence-electron chi connectivity index (χ3n) is 4.38. The fraction of sp³-hybridized carbons (Fsp3) is 0.421. The van der Waals surface area contributed by atoms with Crippen LogP contribution in [0.1, 0.15) is 32.4 Å². The number of fused-ring (bicyclic) bond motifs is 1. The van der Waals surface area contributed by atoms with Gasteiger partial charge in [-0.15, -0.1) is 11.3 Å². The highest BCUT2D eigenvalue weighted by atomic mass is 32.2. The molecule has 0 saturated heterocycles. The van der Waals surface area contributed by atoms with Gasteiger partial charge in [-0.1, -0.05) is 25.1 Å². The fourth-order valence-corrected chi connectivity index (χ4v) is 5.54. The zero-order valence-electron chi connectivity index (χ0n) is 17.4. The first-order valence-electron chi connectivity index (χ1n) is 9.50. The molecule has 0 unspecified atom stereocenters. The van der Waals surface area contributed by atoms with Gasteiger partial charge in [0, 0.05) is 38.7 Å². The minimum atomic E-state index is -3.52. The predicted molar refractivity (Wildman–Crippen MR) is 121 cm³/mol. The predicted octanol–water partition coefficient (Wildman–Crippen LogP) is 3.79. The lowest BCUT2D eigenvalue weighted by Crippen LogP contribution is -2.22. The maximum atomic E-state index is 12.5. The van der Waals surface area contributed by atoms with E-state index >= 15 is 0 Å². The molecule has 2 aromatic heterocycles. The van der Waals surface area contributed by atoms with E-state index in [4.69, 9.17) is 4.98 Å². The fourth-order valence-electron chi connectivity index (χ4n) is 2.82. The Morgan fingerprint density at radius 1 is 1.30 bits per heavy atom. The minimum Gasteiger partial charge on any atom is -0.319 e. The highest BCUT2D eigenvalue weighted by molar-refractivity contribution is 7.98. The second-order valence-corrected chi connectivity index (χ2v) is 10.9. The molecule has 0 aliphatic heterocycles. The molecule has 1 aromatic carbocycles. The summed E-state index contributed by atoms with van der Waals surface area (Å²) in [6.45, 7) is 4.40. The van der Waals surface area contributed by atoms with Gasteiger partial charge < -0.3 is 9.88 Å². The molecule has 1 N–H and O–H groups in total. The summed E-state index contributed by atoms with van der Waals surface area (Å²) in [4.78, 5) is 20.5. The van der Waals surface area contributed by atoms with Crippen molar-refractivity contribution < 1.29 is 13.2 Å². The monoisotopic (exact) mass is 467 g/mol. The average Bonchev–Trinajstić information content (AvgIpc) is 3.27. The van der Waals surface area contributed by atoms with Gasteiger partial charge in [0.1, 0.15) is 0 Å². The van der Waals surface area contributed by atoms with Crippen molar-refractivity contribution in [1.29, 1.82) is 0 Å². The first kappa shape index (κ1) is 22.7. The van der Waals surface area contributed by atoms with E-state index in [1.54, 1.807) is 23.9 Å². The number of thioether (sulfide) groups is 1. The molecule has 0 bridgehead atoms. The van der Waals surface area contributed by atoms with Gasteiger partial charge in [0.05, 0.1) is 21.6 Å². The molecule has 0 atom stereocenters. The average molecular weight is 468 g/mol. The second kappa shape index (κ2) is 9.46. The Kier molecular flexibility index (Phi) is 7.17. The van der Waals surface area contributed by atoms with Crippen molar-refractivity contribution in [2.75, 3.05) is 19.4 Å². The van der Waals surface area contributed by atoms with Crippen LogP contribution in [-0.2, 0) is 27.1 Å². The number of thiazole rings is 1. The van der Waals surface area contributed by atoms with Crippen molar-refractivity contribution in [2.45, 2.75) is 49.0 Å². The van der Waals surface area contributed by atoms with Crippen molar-refractivity contribution in [2.24, 2.45) is 0 Å². The van der Waals surface area contributed by atoms with Gasteiger partial charge in [-0.25, -0.2) is 22.7 Å². The van der Waals surface area contributed by atoms with Crippen LogP contribution in [-0.4, -0.2) is 47.3 Å². The number of aromatic nitrogens is 3. The van der Waals surface area contributed by atoms with Crippen LogP contribution in [0, 0.1) is 0 Å². The Labute approximate surface area is 184 Å². The van der Waals surface area contributed by atoms with Crippen LogP contribution in [0.2, 0.25) is 0 Å². The van der Waals surface area contributed by atoms with Crippen molar-refractivity contribution in [3.05, 3.63) is 29.3 Å². The molecule has 8 nitrogen and oxygen atoms in total. The van der Waals surface area contributed by atoms with Crippen LogP contribution in [0.3, 0.4) is 0 Å². The molecule has 0 spiro atoms. The number of rotatable bonds is 9. The van der Waals surface area contributed by atoms with E-state index < -0.39 is 10.0 Å². The topological polar surface area (TPSA) is 97.2 Å². The van der Waals surface area contributed by atoms with Gasteiger partial charge in [-0.2, -0.15) is 0 Å². The van der Waals surface area contributed by atoms with Gasteiger partial charge in [-0.3, -0.25) is 4.79 Å². The third kappa shape index (κ3) is 5.02. The highest BCUT2D eigenvalue weighted by Crippen LogP contribution is 2.30. The van der Waals surface area contributed by atoms with E-state index in [0.29, 0.717) is 16.4 Å². The van der Waals surface area contributed by atoms with Gasteiger partial charge >= 0.3 is 0 Å². The van der Waals surface area contributed by atoms with Crippen LogP contribution < -0.4 is 5.32 Å². The van der Waals surface area contributed by atoms with E-state index in [2.05, 4.69) is 21.8 Å². The SMILES string of the molecule is CCCCn1c(SCc2csc(NC(C)=O)n2)nc2cc(S(=O)(=O)N(C)C)ccc21. The lowest BCUT2D eigenvalue weighted by Gasteiger charge is -2.11. The van der Waals surface area contributed by atoms with Gasteiger partial charge in [0.25, 0.3) is 0 Å². The molecule has 11 heteroatoms. The molecule has 0 aliphatic rings. The molecule has 0 radical (unpaired) electrons. The Morgan fingerprint density at radius 2 is 2.07 bits per heavy atom. The number of hydrogen-bond acceptors (Lipinski definition) is 7. The van der Waals surface area contributed by atoms with Gasteiger partial charge in [-0.05, 0) is 24.6 Å². The number of carbonyl (C=O) groups excluding carboxylic acids is 1. The van der Waals surface area contributed by atoms with Crippen LogP contribution in [0.25, 0.3) is 11.0 Å². The summed E-state index contributed by atoms with van der Waals surface area (Å²) in [6.07, 6.45) is 2.04. The maximum absolute atomic E-state index is 12.5. The summed E-state index contributed by atoms with van der Waals surface area (Å²) >= 11 is 2.94. The van der Waals surface area contributed by atoms with Gasteiger partial charge in [0.15, 0.2) is 10.3 Å². The highest BCUT2D eigenvalue weighted by Gasteiger charge is 2.20. The van der Waals surface area contributed by atoms with Crippen molar-refractivity contribution in [3.8, 4) is 0 Å². The number of carbonyl (C=O) groups is 1. The Hall–Kier alpha value is -1.95. The molecular weight excluding hydrogens is 442 g/mol. The number of aryl methyl sites for hydroxylation is 1. The van der Waals surface area contributed by atoms with Crippen LogP contribution >= 0.6 is 23.1 Å². The molecular formula is C19H25N5O3S3. The second-order valence-electron chi connectivity index (χ2n) is 6.95. The number of amides is 1. The van der Waals surface area contributed by atoms with E-state index in [1.165, 1.54) is 36.7 Å². The molecule has 3 aromatic rings. The third-order valence-corrected chi connectivity index (χ3v) is 8.01. The number of imidazole rings is 1. The largest absolute Gasteiger partial charge is 0.319 e. The number of nitrogens with zero attached hydrogens (tertiary/aromatic N) is 4. The molecule has 162 valence electrons. The van der Waals surface area contributed by atoms with Crippen molar-refractivity contribution in [1.82, 2.24) is 18.8 Å². The summed E-state index contributed by atoms with van der Waals surface area (Å²) in [5, 5.41) is 6.01. The zero-order valence-corrected chi connectivity index (χ0v) is 19.8. The normalized spacial score (nSPS) is 12.0. The van der Waals surface area contributed by atoms with E-state index in [9.17, 15) is 13.2 Å². The number of benzene rings is 1. The number of hydrogen-bond donors (Lipinski definition) is 1. The number of anilines is 1. The molecule has 0 fully saturated rings. The number of sulfonamides is 1. The Morgan fingerprint density at radius 3 is 2.73 bits per heavy atom. The van der Waals surface area contributed by atoms with E-state index in [0.717, 1.165) is 35.8 Å². The summed E-state index contributed by atoms with van der Waals surface area (Å²) < 4.78 is 28.3. The first-order chi connectivity index (χ1) is 14.2. The quantitative estimate of drug-likeness (QED) is 0.481. The smallest absolute Gasteiger partial charge is 0.242 e. The lowest BCUT2D eigenvalue weighted by molar-refractivity contribution is -0.114. The standard InChI is InChI=1S/C19H25N5O3S3/c1-5-6-9-24-17-8-7-15(30(26,27)23(3)4)10-16(17)22-19(24)29-12-14-11-28-18(21-14)20-13(2)25/h7-8,10-11H,5-6,9,12H2,1-4H3,(H,20,21,25). The van der Waals surface area contributed by atoms with Gasteiger partial charge in [0.2, 0.25) is 15.9 Å². The summed E-state index contributed by atoms with van der Waals surface area (Å²) in [5.41, 5.74) is 2.44. The summed E-state index contributed by atoms with van der Waals surface area (Å²) in [7, 11) is -0.482. The lowest BCUT2D eigenvalue weighted by atomic mass is 10.3. The Bertz CT molecular complexity index is 1150. The number of unbranched alkanes of at least 4 members (excludes halogenated alkanes) is 1. The Balaban J connectivity index is 1.90. The zero-order chi connectivity index (χ0) is 21.9. The molecule has 0 aliphatic carbocycles. The molecule has 30 heavy (non-hydrogen) atoms. The van der Waals surface area contributed by atoms with Crippen LogP contribution in [0.5, 0.6) is 0 Å². The van der Waals surface area contributed by atoms with Crippen LogP contribution in [0.4, 0.5) is 5.13 Å². The van der Waals surface area contributed by atoms with Crippen LogP contribution in [0.15, 0.2) is 33.6 Å². The van der Waals surface area contributed by atoms with Crippen molar-refractivity contribution in [3.63, 3.8) is 0 Å². The molecule has 0 saturated carbocycles. The molecule has 1 amide bonds.